The van der Waals surface area contributed by atoms with E-state index >= 15 is 0 Å². The van der Waals surface area contributed by atoms with Crippen LogP contribution in [0.25, 0.3) is 0 Å². The molecule has 1 aromatic carbocycles. The van der Waals surface area contributed by atoms with Gasteiger partial charge in [0.15, 0.2) is 0 Å². The molecule has 2 nitrogen and oxygen atoms in total. The molecule has 0 saturated heterocycles. The van der Waals surface area contributed by atoms with Crippen molar-refractivity contribution in [2.24, 2.45) is 0 Å². The third-order valence-corrected chi connectivity index (χ3v) is 1.74. The quantitative estimate of drug-likeness (QED) is 0.523. The van der Waals surface area contributed by atoms with Crippen LogP contribution in [-0.2, 0) is 6.54 Å². The van der Waals surface area contributed by atoms with Crippen molar-refractivity contribution < 1.29 is 5.11 Å². The van der Waals surface area contributed by atoms with Crippen LogP contribution in [0.3, 0.4) is 0 Å². The summed E-state index contributed by atoms with van der Waals surface area (Å²) in [5, 5.41) is 11.6. The Balaban J connectivity index is 2.46. The molecule has 0 aliphatic carbocycles. The first kappa shape index (κ1) is 9.79. The van der Waals surface area contributed by atoms with Gasteiger partial charge in [0, 0.05) is 18.7 Å². The summed E-state index contributed by atoms with van der Waals surface area (Å²) >= 11 is 0. The average molecular weight is 175 g/mol. The first-order valence-corrected chi connectivity index (χ1v) is 4.24. The number of hydrogen-bond donors (Lipinski definition) is 2. The van der Waals surface area contributed by atoms with Gasteiger partial charge in [-0.1, -0.05) is 18.1 Å². The van der Waals surface area contributed by atoms with E-state index in [-0.39, 0.29) is 6.61 Å². The monoisotopic (exact) mass is 175 g/mol. The lowest BCUT2D eigenvalue weighted by Crippen LogP contribution is -2.17. The number of benzene rings is 1. The molecule has 0 unspecified atom stereocenters. The SMILES string of the molecule is C#Cc1ccc(CNCCO)cc1. The number of terminal acetylenes is 1. The van der Waals surface area contributed by atoms with Gasteiger partial charge in [-0.15, -0.1) is 6.42 Å². The minimum Gasteiger partial charge on any atom is -0.395 e. The van der Waals surface area contributed by atoms with Crippen molar-refractivity contribution in [3.05, 3.63) is 35.4 Å². The fourth-order valence-corrected chi connectivity index (χ4v) is 1.03. The highest BCUT2D eigenvalue weighted by Crippen LogP contribution is 2.02. The molecule has 0 amide bonds. The van der Waals surface area contributed by atoms with Crippen molar-refractivity contribution in [2.75, 3.05) is 13.2 Å². The molecule has 68 valence electrons. The molecule has 1 rings (SSSR count). The summed E-state index contributed by atoms with van der Waals surface area (Å²) in [5.74, 6) is 2.56. The van der Waals surface area contributed by atoms with Gasteiger partial charge in [0.2, 0.25) is 0 Å². The Hall–Kier alpha value is -1.30. The maximum Gasteiger partial charge on any atom is 0.0556 e. The van der Waals surface area contributed by atoms with Gasteiger partial charge in [0.05, 0.1) is 6.61 Å². The maximum atomic E-state index is 8.54. The molecule has 1 aromatic rings. The zero-order chi connectivity index (χ0) is 9.52. The Morgan fingerprint density at radius 3 is 2.54 bits per heavy atom. The van der Waals surface area contributed by atoms with Crippen LogP contribution in [0.4, 0.5) is 0 Å². The molecule has 0 aromatic heterocycles. The molecule has 0 fully saturated rings. The summed E-state index contributed by atoms with van der Waals surface area (Å²) in [6.07, 6.45) is 5.22. The van der Waals surface area contributed by atoms with E-state index in [0.717, 1.165) is 12.1 Å². The Morgan fingerprint density at radius 2 is 2.00 bits per heavy atom. The highest BCUT2D eigenvalue weighted by molar-refractivity contribution is 5.34. The van der Waals surface area contributed by atoms with E-state index < -0.39 is 0 Å². The second kappa shape index (κ2) is 5.36. The lowest BCUT2D eigenvalue weighted by molar-refractivity contribution is 0.292. The van der Waals surface area contributed by atoms with Gasteiger partial charge in [-0.3, -0.25) is 0 Å². The van der Waals surface area contributed by atoms with E-state index in [1.807, 2.05) is 24.3 Å². The van der Waals surface area contributed by atoms with Crippen LogP contribution in [-0.4, -0.2) is 18.3 Å². The fraction of sp³-hybridized carbons (Fsp3) is 0.273. The number of rotatable bonds is 4. The molecule has 0 bridgehead atoms. The molecule has 0 spiro atoms. The smallest absolute Gasteiger partial charge is 0.0556 e. The third kappa shape index (κ3) is 3.29. The maximum absolute atomic E-state index is 8.54. The van der Waals surface area contributed by atoms with E-state index in [1.54, 1.807) is 0 Å². The van der Waals surface area contributed by atoms with Crippen LogP contribution in [0.15, 0.2) is 24.3 Å². The van der Waals surface area contributed by atoms with E-state index in [2.05, 4.69) is 11.2 Å². The molecule has 0 aliphatic heterocycles. The zero-order valence-electron chi connectivity index (χ0n) is 7.46. The third-order valence-electron chi connectivity index (χ3n) is 1.74. The lowest BCUT2D eigenvalue weighted by atomic mass is 10.1. The topological polar surface area (TPSA) is 32.3 Å². The van der Waals surface area contributed by atoms with Gasteiger partial charge >= 0.3 is 0 Å². The molecular weight excluding hydrogens is 162 g/mol. The van der Waals surface area contributed by atoms with Crippen molar-refractivity contribution in [1.82, 2.24) is 5.32 Å². The lowest BCUT2D eigenvalue weighted by Gasteiger charge is -2.02. The molecule has 13 heavy (non-hydrogen) atoms. The van der Waals surface area contributed by atoms with Gasteiger partial charge < -0.3 is 10.4 Å². The highest BCUT2D eigenvalue weighted by Gasteiger charge is 1.91. The molecule has 2 N–H and O–H groups in total. The minimum atomic E-state index is 0.169. The van der Waals surface area contributed by atoms with Crippen molar-refractivity contribution in [3.63, 3.8) is 0 Å². The Bertz CT molecular complexity index is 284. The van der Waals surface area contributed by atoms with Crippen LogP contribution in [0.1, 0.15) is 11.1 Å². The Labute approximate surface area is 78.6 Å². The number of aliphatic hydroxyl groups excluding tert-OH is 1. The Kier molecular flexibility index (Phi) is 4.04. The van der Waals surface area contributed by atoms with Crippen molar-refractivity contribution >= 4 is 0 Å². The summed E-state index contributed by atoms with van der Waals surface area (Å²) in [6, 6.07) is 7.80. The standard InChI is InChI=1S/C11H13NO/c1-2-10-3-5-11(6-4-10)9-12-7-8-13/h1,3-6,12-13H,7-9H2. The van der Waals surface area contributed by atoms with Crippen LogP contribution in [0.2, 0.25) is 0 Å². The van der Waals surface area contributed by atoms with E-state index in [1.165, 1.54) is 5.56 Å². The van der Waals surface area contributed by atoms with Gasteiger partial charge in [0.1, 0.15) is 0 Å². The molecule has 0 aliphatic rings. The van der Waals surface area contributed by atoms with Crippen LogP contribution in [0, 0.1) is 12.3 Å². The van der Waals surface area contributed by atoms with Crippen molar-refractivity contribution in [1.29, 1.82) is 0 Å². The first-order valence-electron chi connectivity index (χ1n) is 4.24. The van der Waals surface area contributed by atoms with E-state index in [0.29, 0.717) is 6.54 Å². The predicted molar refractivity (Wildman–Crippen MR) is 53.2 cm³/mol. The summed E-state index contributed by atoms with van der Waals surface area (Å²) in [4.78, 5) is 0. The molecule has 0 saturated carbocycles. The summed E-state index contributed by atoms with van der Waals surface area (Å²) in [6.45, 7) is 1.56. The van der Waals surface area contributed by atoms with Gasteiger partial charge in [-0.25, -0.2) is 0 Å². The number of hydrogen-bond acceptors (Lipinski definition) is 2. The van der Waals surface area contributed by atoms with Gasteiger partial charge in [-0.05, 0) is 17.7 Å². The minimum absolute atomic E-state index is 0.169. The van der Waals surface area contributed by atoms with E-state index in [4.69, 9.17) is 11.5 Å². The van der Waals surface area contributed by atoms with Crippen molar-refractivity contribution in [3.8, 4) is 12.3 Å². The molecule has 2 heteroatoms. The molecule has 0 heterocycles. The number of nitrogens with one attached hydrogen (secondary N) is 1. The summed E-state index contributed by atoms with van der Waals surface area (Å²) in [5.41, 5.74) is 2.07. The normalized spacial score (nSPS) is 9.54. The summed E-state index contributed by atoms with van der Waals surface area (Å²) in [7, 11) is 0. The number of aliphatic hydroxyl groups is 1. The second-order valence-corrected chi connectivity index (χ2v) is 2.74. The van der Waals surface area contributed by atoms with Crippen molar-refractivity contribution in [2.45, 2.75) is 6.54 Å². The fourth-order valence-electron chi connectivity index (χ4n) is 1.03. The van der Waals surface area contributed by atoms with Crippen LogP contribution in [0.5, 0.6) is 0 Å². The zero-order valence-corrected chi connectivity index (χ0v) is 7.46. The molecule has 0 radical (unpaired) electrons. The Morgan fingerprint density at radius 1 is 1.31 bits per heavy atom. The molecular formula is C11H13NO. The summed E-state index contributed by atoms with van der Waals surface area (Å²) < 4.78 is 0. The van der Waals surface area contributed by atoms with Gasteiger partial charge in [-0.2, -0.15) is 0 Å². The second-order valence-electron chi connectivity index (χ2n) is 2.74. The molecule has 0 atom stereocenters. The average Bonchev–Trinajstić information content (AvgIpc) is 2.19. The first-order chi connectivity index (χ1) is 6.36. The largest absolute Gasteiger partial charge is 0.395 e. The highest BCUT2D eigenvalue weighted by atomic mass is 16.3. The van der Waals surface area contributed by atoms with E-state index in [9.17, 15) is 0 Å². The predicted octanol–water partition coefficient (Wildman–Crippen LogP) is 0.750. The van der Waals surface area contributed by atoms with Crippen LogP contribution < -0.4 is 5.32 Å². The van der Waals surface area contributed by atoms with Gasteiger partial charge in [0.25, 0.3) is 0 Å². The van der Waals surface area contributed by atoms with Crippen LogP contribution >= 0.6 is 0 Å².